The number of benzene rings is 2. The first-order valence-electron chi connectivity index (χ1n) is 10.4. The second kappa shape index (κ2) is 8.45. The van der Waals surface area contributed by atoms with Gasteiger partial charge in [-0.2, -0.15) is 0 Å². The van der Waals surface area contributed by atoms with E-state index in [2.05, 4.69) is 17.8 Å². The molecule has 2 aliphatic heterocycles. The predicted molar refractivity (Wildman–Crippen MR) is 113 cm³/mol. The lowest BCUT2D eigenvalue weighted by molar-refractivity contribution is -0.119. The summed E-state index contributed by atoms with van der Waals surface area (Å²) in [6.45, 7) is 6.74. The fraction of sp³-hybridized carbons (Fsp3) is 0.391. The average Bonchev–Trinajstić information content (AvgIpc) is 3.27. The summed E-state index contributed by atoms with van der Waals surface area (Å²) in [5.74, 6) is 0.527. The van der Waals surface area contributed by atoms with Crippen molar-refractivity contribution < 1.29 is 19.1 Å². The molecule has 0 aromatic heterocycles. The van der Waals surface area contributed by atoms with Crippen LogP contribution in [0.25, 0.3) is 0 Å². The third-order valence-corrected chi connectivity index (χ3v) is 5.76. The monoisotopic (exact) mass is 409 g/mol. The van der Waals surface area contributed by atoms with Crippen LogP contribution in [-0.2, 0) is 9.53 Å². The normalized spacial score (nSPS) is 25.3. The Bertz CT molecular complexity index is 913. The minimum absolute atomic E-state index is 0.0135. The van der Waals surface area contributed by atoms with Gasteiger partial charge < -0.3 is 14.4 Å². The molecule has 2 saturated heterocycles. The van der Waals surface area contributed by atoms with Crippen LogP contribution in [0.1, 0.15) is 42.7 Å². The lowest BCUT2D eigenvalue weighted by Gasteiger charge is -2.30. The number of rotatable bonds is 6. The molecule has 158 valence electrons. The van der Waals surface area contributed by atoms with Gasteiger partial charge in [0.05, 0.1) is 24.8 Å². The Labute approximate surface area is 176 Å². The Balaban J connectivity index is 1.69. The number of hydrogen-bond acceptors (Lipinski definition) is 6. The van der Waals surface area contributed by atoms with Gasteiger partial charge >= 0.3 is 5.97 Å². The van der Waals surface area contributed by atoms with Crippen LogP contribution in [0.4, 0.5) is 5.69 Å². The number of hydrazine groups is 1. The molecule has 1 amide bonds. The van der Waals surface area contributed by atoms with E-state index in [0.29, 0.717) is 18.8 Å². The molecule has 0 spiro atoms. The fourth-order valence-electron chi connectivity index (χ4n) is 4.40. The summed E-state index contributed by atoms with van der Waals surface area (Å²) in [4.78, 5) is 27.1. The summed E-state index contributed by atoms with van der Waals surface area (Å²) < 4.78 is 10.6. The van der Waals surface area contributed by atoms with Crippen molar-refractivity contribution in [2.45, 2.75) is 38.9 Å². The first-order valence-corrected chi connectivity index (χ1v) is 10.4. The van der Waals surface area contributed by atoms with Crippen molar-refractivity contribution in [3.05, 3.63) is 59.7 Å². The van der Waals surface area contributed by atoms with Gasteiger partial charge in [-0.15, -0.1) is 0 Å². The fourth-order valence-corrected chi connectivity index (χ4v) is 4.40. The number of amides is 1. The van der Waals surface area contributed by atoms with Gasteiger partial charge in [0, 0.05) is 17.6 Å². The number of carbonyl (C=O) groups is 2. The smallest absolute Gasteiger partial charge is 0.338 e. The van der Waals surface area contributed by atoms with Gasteiger partial charge in [0.2, 0.25) is 5.91 Å². The highest BCUT2D eigenvalue weighted by atomic mass is 16.5. The lowest BCUT2D eigenvalue weighted by atomic mass is 9.87. The van der Waals surface area contributed by atoms with Crippen molar-refractivity contribution in [1.29, 1.82) is 0 Å². The van der Waals surface area contributed by atoms with E-state index in [4.69, 9.17) is 9.47 Å². The molecule has 2 fully saturated rings. The van der Waals surface area contributed by atoms with E-state index in [9.17, 15) is 9.59 Å². The number of carbonyl (C=O) groups excluding carboxylic acids is 2. The Morgan fingerprint density at radius 2 is 1.70 bits per heavy atom. The van der Waals surface area contributed by atoms with E-state index >= 15 is 0 Å². The zero-order valence-electron chi connectivity index (χ0n) is 17.4. The van der Waals surface area contributed by atoms with Crippen molar-refractivity contribution >= 4 is 17.6 Å². The largest absolute Gasteiger partial charge is 0.494 e. The standard InChI is InChI=1S/C23H27N3O4/c1-4-29-18-12-8-15(9-13-18)21-19-14(3)24-25-20(19)22(27)26(21)17-10-6-16(7-11-17)23(28)30-5-2/h6-14,19-21,24-25H,4-5H2,1-3H3. The van der Waals surface area contributed by atoms with E-state index in [1.165, 1.54) is 0 Å². The van der Waals surface area contributed by atoms with Crippen molar-refractivity contribution in [3.8, 4) is 5.75 Å². The molecule has 0 bridgehead atoms. The molecule has 0 saturated carbocycles. The number of anilines is 1. The van der Waals surface area contributed by atoms with Crippen LogP contribution in [0.15, 0.2) is 48.5 Å². The highest BCUT2D eigenvalue weighted by molar-refractivity contribution is 6.01. The molecule has 4 atom stereocenters. The van der Waals surface area contributed by atoms with E-state index in [1.807, 2.05) is 48.2 Å². The Morgan fingerprint density at radius 3 is 2.33 bits per heavy atom. The second-order valence-corrected chi connectivity index (χ2v) is 7.55. The molecule has 2 aromatic carbocycles. The SMILES string of the molecule is CCOC(=O)c1ccc(N2C(=O)C3NNC(C)C3C2c2ccc(OCC)cc2)cc1. The van der Waals surface area contributed by atoms with Gasteiger partial charge in [-0.3, -0.25) is 10.2 Å². The number of nitrogens with zero attached hydrogens (tertiary/aromatic N) is 1. The highest BCUT2D eigenvalue weighted by Gasteiger charge is 2.54. The molecular weight excluding hydrogens is 382 g/mol. The summed E-state index contributed by atoms with van der Waals surface area (Å²) in [7, 11) is 0. The van der Waals surface area contributed by atoms with E-state index in [0.717, 1.165) is 17.0 Å². The minimum Gasteiger partial charge on any atom is -0.494 e. The van der Waals surface area contributed by atoms with Crippen LogP contribution in [0, 0.1) is 5.92 Å². The lowest BCUT2D eigenvalue weighted by Crippen LogP contribution is -2.42. The number of ether oxygens (including phenoxy) is 2. The Morgan fingerprint density at radius 1 is 1.00 bits per heavy atom. The maximum atomic E-state index is 13.3. The van der Waals surface area contributed by atoms with Crippen LogP contribution in [-0.4, -0.2) is 37.2 Å². The molecule has 2 heterocycles. The molecule has 2 N–H and O–H groups in total. The number of fused-ring (bicyclic) bond motifs is 1. The zero-order valence-corrected chi connectivity index (χ0v) is 17.4. The molecule has 2 aliphatic rings. The summed E-state index contributed by atoms with van der Waals surface area (Å²) in [5, 5.41) is 0. The quantitative estimate of drug-likeness (QED) is 0.715. The van der Waals surface area contributed by atoms with E-state index in [1.54, 1.807) is 19.1 Å². The van der Waals surface area contributed by atoms with Crippen LogP contribution in [0.3, 0.4) is 0 Å². The number of nitrogens with one attached hydrogen (secondary N) is 2. The minimum atomic E-state index is -0.365. The van der Waals surface area contributed by atoms with Crippen molar-refractivity contribution in [2.24, 2.45) is 5.92 Å². The molecule has 7 heteroatoms. The molecule has 7 nitrogen and oxygen atoms in total. The van der Waals surface area contributed by atoms with Gasteiger partial charge in [-0.1, -0.05) is 12.1 Å². The van der Waals surface area contributed by atoms with Crippen molar-refractivity contribution in [2.75, 3.05) is 18.1 Å². The van der Waals surface area contributed by atoms with Gasteiger partial charge in [-0.05, 0) is 62.7 Å². The van der Waals surface area contributed by atoms with Crippen molar-refractivity contribution in [1.82, 2.24) is 10.9 Å². The van der Waals surface area contributed by atoms with Crippen LogP contribution >= 0.6 is 0 Å². The summed E-state index contributed by atoms with van der Waals surface area (Å²) in [6, 6.07) is 14.7. The Hall–Kier alpha value is -2.90. The maximum Gasteiger partial charge on any atom is 0.338 e. The summed E-state index contributed by atoms with van der Waals surface area (Å²) in [5.41, 5.74) is 8.64. The highest BCUT2D eigenvalue weighted by Crippen LogP contribution is 2.44. The zero-order chi connectivity index (χ0) is 21.3. The number of hydrogen-bond donors (Lipinski definition) is 2. The molecular formula is C23H27N3O4. The molecule has 2 aromatic rings. The van der Waals surface area contributed by atoms with Gasteiger partial charge in [0.25, 0.3) is 0 Å². The van der Waals surface area contributed by atoms with Crippen molar-refractivity contribution in [3.63, 3.8) is 0 Å². The van der Waals surface area contributed by atoms with Gasteiger partial charge in [0.1, 0.15) is 11.8 Å². The third kappa shape index (κ3) is 3.55. The maximum absolute atomic E-state index is 13.3. The van der Waals surface area contributed by atoms with Gasteiger partial charge in [-0.25, -0.2) is 10.2 Å². The third-order valence-electron chi connectivity index (χ3n) is 5.76. The second-order valence-electron chi connectivity index (χ2n) is 7.55. The number of esters is 1. The molecule has 4 unspecified atom stereocenters. The van der Waals surface area contributed by atoms with Crippen LogP contribution in [0.5, 0.6) is 5.75 Å². The van der Waals surface area contributed by atoms with E-state index in [-0.39, 0.29) is 35.9 Å². The topological polar surface area (TPSA) is 79.9 Å². The van der Waals surface area contributed by atoms with Crippen LogP contribution < -0.4 is 20.5 Å². The molecule has 0 aliphatic carbocycles. The predicted octanol–water partition coefficient (Wildman–Crippen LogP) is 2.83. The van der Waals surface area contributed by atoms with Crippen LogP contribution in [0.2, 0.25) is 0 Å². The average molecular weight is 409 g/mol. The summed E-state index contributed by atoms with van der Waals surface area (Å²) >= 11 is 0. The van der Waals surface area contributed by atoms with E-state index < -0.39 is 0 Å². The molecule has 30 heavy (non-hydrogen) atoms. The van der Waals surface area contributed by atoms with Gasteiger partial charge in [0.15, 0.2) is 0 Å². The molecule has 0 radical (unpaired) electrons. The summed E-state index contributed by atoms with van der Waals surface area (Å²) in [6.07, 6.45) is 0. The Kier molecular flexibility index (Phi) is 5.74. The first kappa shape index (κ1) is 20.4. The molecule has 4 rings (SSSR count). The first-order chi connectivity index (χ1) is 14.5.